The molecule has 3 nitrogen and oxygen atoms in total. The average molecular weight is 339 g/mol. The van der Waals surface area contributed by atoms with E-state index in [1.807, 2.05) is 84.9 Å². The number of hydrogen-bond acceptors (Lipinski definition) is 3. The zero-order chi connectivity index (χ0) is 17.8. The number of para-hydroxylation sites is 1. The third-order valence-corrected chi connectivity index (χ3v) is 4.23. The fourth-order valence-corrected chi connectivity index (χ4v) is 2.90. The van der Waals surface area contributed by atoms with Crippen molar-refractivity contribution in [1.29, 1.82) is 0 Å². The Bertz CT molecular complexity index is 1030. The second-order valence-corrected chi connectivity index (χ2v) is 5.99. The maximum Gasteiger partial charge on any atom is 0.339 e. The Hall–Kier alpha value is -3.46. The molecule has 0 saturated carbocycles. The Labute approximate surface area is 151 Å². The minimum atomic E-state index is -0.562. The predicted molar refractivity (Wildman–Crippen MR) is 102 cm³/mol. The second-order valence-electron chi connectivity index (χ2n) is 5.99. The lowest BCUT2D eigenvalue weighted by molar-refractivity contribution is 0.0371. The Morgan fingerprint density at radius 1 is 0.731 bits per heavy atom. The van der Waals surface area contributed by atoms with Crippen LogP contribution in [-0.2, 0) is 4.74 Å². The van der Waals surface area contributed by atoms with Crippen molar-refractivity contribution in [3.63, 3.8) is 0 Å². The molecule has 0 saturated heterocycles. The van der Waals surface area contributed by atoms with Gasteiger partial charge in [-0.05, 0) is 29.8 Å². The first-order valence-electron chi connectivity index (χ1n) is 8.48. The molecule has 26 heavy (non-hydrogen) atoms. The summed E-state index contributed by atoms with van der Waals surface area (Å²) in [6.45, 7) is 0. The zero-order valence-electron chi connectivity index (χ0n) is 14.1. The molecule has 3 aromatic carbocycles. The zero-order valence-corrected chi connectivity index (χ0v) is 14.1. The molecule has 0 aliphatic heterocycles. The van der Waals surface area contributed by atoms with Gasteiger partial charge in [-0.25, -0.2) is 9.78 Å². The number of ether oxygens (including phenoxy) is 1. The molecule has 0 N–H and O–H groups in total. The number of rotatable bonds is 4. The summed E-state index contributed by atoms with van der Waals surface area (Å²) in [5, 5.41) is 1.05. The maximum atomic E-state index is 12.6. The third-order valence-electron chi connectivity index (χ3n) is 4.23. The number of carbonyl (C=O) groups excluding carboxylic acids is 1. The smallest absolute Gasteiger partial charge is 0.339 e. The van der Waals surface area contributed by atoms with E-state index in [0.29, 0.717) is 11.3 Å². The SMILES string of the molecule is O=C(OC(c1ccccc1)c1ccc2ccccc2n1)c1ccccc1. The number of hydrogen-bond donors (Lipinski definition) is 0. The summed E-state index contributed by atoms with van der Waals surface area (Å²) in [7, 11) is 0. The van der Waals surface area contributed by atoms with E-state index in [2.05, 4.69) is 0 Å². The summed E-state index contributed by atoms with van der Waals surface area (Å²) in [6.07, 6.45) is -0.562. The molecule has 0 spiro atoms. The summed E-state index contributed by atoms with van der Waals surface area (Å²) in [5.41, 5.74) is 3.00. The lowest BCUT2D eigenvalue weighted by Gasteiger charge is -2.18. The van der Waals surface area contributed by atoms with Crippen LogP contribution in [-0.4, -0.2) is 11.0 Å². The van der Waals surface area contributed by atoms with E-state index >= 15 is 0 Å². The number of pyridine rings is 1. The summed E-state index contributed by atoms with van der Waals surface area (Å²) >= 11 is 0. The fourth-order valence-electron chi connectivity index (χ4n) is 2.90. The van der Waals surface area contributed by atoms with Crippen molar-refractivity contribution in [3.8, 4) is 0 Å². The highest BCUT2D eigenvalue weighted by Gasteiger charge is 2.21. The van der Waals surface area contributed by atoms with E-state index in [1.165, 1.54) is 0 Å². The van der Waals surface area contributed by atoms with E-state index in [0.717, 1.165) is 16.5 Å². The number of esters is 1. The molecule has 0 bridgehead atoms. The van der Waals surface area contributed by atoms with Crippen molar-refractivity contribution in [3.05, 3.63) is 114 Å². The fraction of sp³-hybridized carbons (Fsp3) is 0.0435. The largest absolute Gasteiger partial charge is 0.447 e. The van der Waals surface area contributed by atoms with Crippen molar-refractivity contribution in [2.45, 2.75) is 6.10 Å². The van der Waals surface area contributed by atoms with Gasteiger partial charge in [0.25, 0.3) is 0 Å². The highest BCUT2D eigenvalue weighted by atomic mass is 16.5. The van der Waals surface area contributed by atoms with Crippen molar-refractivity contribution < 1.29 is 9.53 Å². The van der Waals surface area contributed by atoms with Gasteiger partial charge < -0.3 is 4.74 Å². The molecule has 0 aliphatic carbocycles. The normalized spacial score (nSPS) is 11.8. The molecular formula is C23H17NO2. The molecule has 1 atom stereocenters. The molecule has 3 heteroatoms. The summed E-state index contributed by atoms with van der Waals surface area (Å²) < 4.78 is 5.86. The quantitative estimate of drug-likeness (QED) is 0.481. The number of carbonyl (C=O) groups is 1. The lowest BCUT2D eigenvalue weighted by Crippen LogP contribution is -2.14. The van der Waals surface area contributed by atoms with Crippen molar-refractivity contribution >= 4 is 16.9 Å². The molecule has 1 unspecified atom stereocenters. The standard InChI is InChI=1S/C23H17NO2/c25-23(19-12-5-2-6-13-19)26-22(18-10-3-1-4-11-18)21-16-15-17-9-7-8-14-20(17)24-21/h1-16,22H. The minimum absolute atomic E-state index is 0.366. The monoisotopic (exact) mass is 339 g/mol. The predicted octanol–water partition coefficient (Wildman–Crippen LogP) is 5.18. The summed E-state index contributed by atoms with van der Waals surface area (Å²) in [5.74, 6) is -0.366. The van der Waals surface area contributed by atoms with Crippen LogP contribution in [0.4, 0.5) is 0 Å². The average Bonchev–Trinajstić information content (AvgIpc) is 2.73. The number of aromatic nitrogens is 1. The molecule has 1 heterocycles. The van der Waals surface area contributed by atoms with Crippen LogP contribution in [0.1, 0.15) is 27.7 Å². The molecule has 4 rings (SSSR count). The summed E-state index contributed by atoms with van der Waals surface area (Å²) in [6, 6.07) is 30.5. The van der Waals surface area contributed by atoms with Gasteiger partial charge in [-0.3, -0.25) is 0 Å². The highest BCUT2D eigenvalue weighted by Crippen LogP contribution is 2.27. The highest BCUT2D eigenvalue weighted by molar-refractivity contribution is 5.89. The number of nitrogens with zero attached hydrogens (tertiary/aromatic N) is 1. The Morgan fingerprint density at radius 3 is 2.15 bits per heavy atom. The topological polar surface area (TPSA) is 39.2 Å². The first-order valence-corrected chi connectivity index (χ1v) is 8.48. The van der Waals surface area contributed by atoms with E-state index in [-0.39, 0.29) is 5.97 Å². The Balaban J connectivity index is 1.74. The van der Waals surface area contributed by atoms with Crippen LogP contribution >= 0.6 is 0 Å². The molecule has 0 amide bonds. The molecule has 4 aromatic rings. The van der Waals surface area contributed by atoms with Gasteiger partial charge in [0.2, 0.25) is 0 Å². The second kappa shape index (κ2) is 7.19. The van der Waals surface area contributed by atoms with Crippen molar-refractivity contribution in [2.75, 3.05) is 0 Å². The van der Waals surface area contributed by atoms with Gasteiger partial charge in [0, 0.05) is 5.39 Å². The van der Waals surface area contributed by atoms with Crippen LogP contribution in [0.3, 0.4) is 0 Å². The van der Waals surface area contributed by atoms with Crippen LogP contribution < -0.4 is 0 Å². The van der Waals surface area contributed by atoms with Gasteiger partial charge in [0.05, 0.1) is 16.8 Å². The van der Waals surface area contributed by atoms with Crippen LogP contribution in [0.5, 0.6) is 0 Å². The van der Waals surface area contributed by atoms with Crippen molar-refractivity contribution in [2.24, 2.45) is 0 Å². The maximum absolute atomic E-state index is 12.6. The van der Waals surface area contributed by atoms with Crippen molar-refractivity contribution in [1.82, 2.24) is 4.98 Å². The van der Waals surface area contributed by atoms with Gasteiger partial charge in [-0.15, -0.1) is 0 Å². The molecule has 0 fully saturated rings. The summed E-state index contributed by atoms with van der Waals surface area (Å²) in [4.78, 5) is 17.3. The van der Waals surface area contributed by atoms with Gasteiger partial charge in [-0.2, -0.15) is 0 Å². The van der Waals surface area contributed by atoms with Crippen LogP contribution in [0.2, 0.25) is 0 Å². The molecule has 126 valence electrons. The molecule has 0 aliphatic rings. The first-order chi connectivity index (χ1) is 12.8. The molecular weight excluding hydrogens is 322 g/mol. The van der Waals surface area contributed by atoms with E-state index < -0.39 is 6.10 Å². The molecule has 0 radical (unpaired) electrons. The van der Waals surface area contributed by atoms with Crippen LogP contribution in [0.25, 0.3) is 10.9 Å². The van der Waals surface area contributed by atoms with Crippen LogP contribution in [0, 0.1) is 0 Å². The third kappa shape index (κ3) is 3.33. The number of benzene rings is 3. The first kappa shape index (κ1) is 16.0. The van der Waals surface area contributed by atoms with Gasteiger partial charge in [0.1, 0.15) is 0 Å². The van der Waals surface area contributed by atoms with E-state index in [4.69, 9.17) is 9.72 Å². The molecule has 1 aromatic heterocycles. The van der Waals surface area contributed by atoms with E-state index in [1.54, 1.807) is 12.1 Å². The van der Waals surface area contributed by atoms with Gasteiger partial charge in [0.15, 0.2) is 6.10 Å². The Kier molecular flexibility index (Phi) is 4.44. The minimum Gasteiger partial charge on any atom is -0.447 e. The van der Waals surface area contributed by atoms with Crippen LogP contribution in [0.15, 0.2) is 97.1 Å². The van der Waals surface area contributed by atoms with E-state index in [9.17, 15) is 4.79 Å². The van der Waals surface area contributed by atoms with Gasteiger partial charge in [-0.1, -0.05) is 72.8 Å². The Morgan fingerprint density at radius 2 is 1.38 bits per heavy atom. The lowest BCUT2D eigenvalue weighted by atomic mass is 10.0. The number of fused-ring (bicyclic) bond motifs is 1. The van der Waals surface area contributed by atoms with Gasteiger partial charge >= 0.3 is 5.97 Å².